The lowest BCUT2D eigenvalue weighted by Crippen LogP contribution is -2.43. The summed E-state index contributed by atoms with van der Waals surface area (Å²) >= 11 is 6.55. The van der Waals surface area contributed by atoms with Gasteiger partial charge in [-0.25, -0.2) is 4.98 Å². The number of carbonyl (C=O) groups is 1. The van der Waals surface area contributed by atoms with Crippen LogP contribution in [0.25, 0.3) is 22.4 Å². The molecule has 0 saturated carbocycles. The molecule has 4 heterocycles. The highest BCUT2D eigenvalue weighted by Crippen LogP contribution is 2.31. The number of nitrogens with zero attached hydrogens (tertiary/aromatic N) is 4. The summed E-state index contributed by atoms with van der Waals surface area (Å²) in [5, 5.41) is 9.57. The second kappa shape index (κ2) is 11.7. The molecule has 5 rings (SSSR count). The number of H-pyrrole nitrogens is 1. The van der Waals surface area contributed by atoms with Crippen molar-refractivity contribution >= 4 is 34.4 Å². The third-order valence-electron chi connectivity index (χ3n) is 6.02. The predicted molar refractivity (Wildman–Crippen MR) is 136 cm³/mol. The van der Waals surface area contributed by atoms with Gasteiger partial charge in [-0.1, -0.05) is 37.6 Å². The Labute approximate surface area is 210 Å². The number of hydrogen-bond acceptors (Lipinski definition) is 7. The molecule has 1 unspecified atom stereocenters. The summed E-state index contributed by atoms with van der Waals surface area (Å²) in [5.41, 5.74) is 3.96. The lowest BCUT2D eigenvalue weighted by Gasteiger charge is -2.30. The van der Waals surface area contributed by atoms with Crippen molar-refractivity contribution in [1.82, 2.24) is 19.9 Å². The second-order valence-electron chi connectivity index (χ2n) is 8.39. The van der Waals surface area contributed by atoms with Crippen LogP contribution in [0.1, 0.15) is 26.7 Å². The fraction of sp³-hybridized carbons (Fsp3) is 0.480. The number of nitrogens with one attached hydrogen (secondary N) is 1. The standard InChI is InChI=1S/C23H26ClN5O4.C2H6/c24-18-12-19-22(27-23(25-19)33-17-2-1-7-28(13-17)14-20(30)31)26-21(18)15-3-5-16(6-4-15)29-8-10-32-11-9-29;1-2/h3-6,12,17H,1-2,7-11,13-14H2,(H,30,31)(H,25,26,27);1-2H3. The molecule has 9 nitrogen and oxygen atoms in total. The van der Waals surface area contributed by atoms with Crippen LogP contribution < -0.4 is 9.64 Å². The van der Waals surface area contributed by atoms with Crippen LogP contribution in [0.5, 0.6) is 6.01 Å². The Morgan fingerprint density at radius 3 is 2.66 bits per heavy atom. The first kappa shape index (κ1) is 25.2. The summed E-state index contributed by atoms with van der Waals surface area (Å²) in [4.78, 5) is 27.5. The van der Waals surface area contributed by atoms with Crippen molar-refractivity contribution in [1.29, 1.82) is 0 Å². The number of piperidine rings is 1. The zero-order chi connectivity index (χ0) is 24.8. The summed E-state index contributed by atoms with van der Waals surface area (Å²) in [6, 6.07) is 10.4. The van der Waals surface area contributed by atoms with E-state index in [2.05, 4.69) is 32.0 Å². The molecule has 0 radical (unpaired) electrons. The van der Waals surface area contributed by atoms with Gasteiger partial charge in [-0.3, -0.25) is 9.69 Å². The minimum absolute atomic E-state index is 0.0187. The molecule has 1 aromatic carbocycles. The molecular formula is C25H32ClN5O4. The minimum atomic E-state index is -0.830. The number of anilines is 1. The van der Waals surface area contributed by atoms with E-state index < -0.39 is 5.97 Å². The molecule has 1 atom stereocenters. The van der Waals surface area contributed by atoms with E-state index in [-0.39, 0.29) is 12.6 Å². The number of fused-ring (bicyclic) bond motifs is 1. The Kier molecular flexibility index (Phi) is 8.43. The van der Waals surface area contributed by atoms with Gasteiger partial charge in [0.1, 0.15) is 6.10 Å². The number of rotatable bonds is 6. The number of aromatic nitrogens is 3. The molecule has 3 aromatic rings. The number of ether oxygens (including phenoxy) is 2. The summed E-state index contributed by atoms with van der Waals surface area (Å²) in [6.07, 6.45) is 1.61. The van der Waals surface area contributed by atoms with Gasteiger partial charge in [-0.2, -0.15) is 4.98 Å². The first-order valence-electron chi connectivity index (χ1n) is 12.2. The van der Waals surface area contributed by atoms with Crippen LogP contribution in [-0.2, 0) is 9.53 Å². The normalized spacial score (nSPS) is 18.7. The Morgan fingerprint density at radius 1 is 1.20 bits per heavy atom. The number of halogens is 1. The van der Waals surface area contributed by atoms with Gasteiger partial charge in [0.05, 0.1) is 36.0 Å². The van der Waals surface area contributed by atoms with Crippen molar-refractivity contribution < 1.29 is 19.4 Å². The molecule has 0 bridgehead atoms. The molecule has 2 saturated heterocycles. The molecule has 2 aromatic heterocycles. The largest absolute Gasteiger partial charge is 0.480 e. The molecule has 188 valence electrons. The van der Waals surface area contributed by atoms with Gasteiger partial charge in [0.2, 0.25) is 0 Å². The van der Waals surface area contributed by atoms with E-state index in [1.54, 1.807) is 0 Å². The number of carboxylic acids is 1. The van der Waals surface area contributed by atoms with Crippen molar-refractivity contribution in [3.63, 3.8) is 0 Å². The summed E-state index contributed by atoms with van der Waals surface area (Å²) in [5.74, 6) is -0.830. The van der Waals surface area contributed by atoms with Gasteiger partial charge in [0, 0.05) is 30.9 Å². The van der Waals surface area contributed by atoms with Gasteiger partial charge in [0.25, 0.3) is 6.01 Å². The predicted octanol–water partition coefficient (Wildman–Crippen LogP) is 4.07. The monoisotopic (exact) mass is 501 g/mol. The second-order valence-corrected chi connectivity index (χ2v) is 8.80. The topological polar surface area (TPSA) is 104 Å². The van der Waals surface area contributed by atoms with Crippen LogP contribution in [0.3, 0.4) is 0 Å². The number of aliphatic carboxylic acids is 1. The molecule has 0 aliphatic carbocycles. The molecule has 0 spiro atoms. The van der Waals surface area contributed by atoms with Crippen LogP contribution in [0, 0.1) is 0 Å². The highest BCUT2D eigenvalue weighted by atomic mass is 35.5. The van der Waals surface area contributed by atoms with Crippen molar-refractivity contribution in [2.75, 3.05) is 50.8 Å². The minimum Gasteiger partial charge on any atom is -0.480 e. The first-order chi connectivity index (χ1) is 17.0. The molecule has 2 N–H and O–H groups in total. The molecule has 2 fully saturated rings. The Balaban J connectivity index is 0.00000141. The lowest BCUT2D eigenvalue weighted by molar-refractivity contribution is -0.138. The average Bonchev–Trinajstić information content (AvgIpc) is 3.26. The van der Waals surface area contributed by atoms with E-state index in [4.69, 9.17) is 26.2 Å². The van der Waals surface area contributed by atoms with E-state index in [0.29, 0.717) is 34.4 Å². The Morgan fingerprint density at radius 2 is 1.94 bits per heavy atom. The summed E-state index contributed by atoms with van der Waals surface area (Å²) < 4.78 is 11.4. The smallest absolute Gasteiger partial charge is 0.317 e. The molecule has 2 aliphatic heterocycles. The first-order valence-corrected chi connectivity index (χ1v) is 12.5. The number of likely N-dealkylation sites (tertiary alicyclic amines) is 1. The van der Waals surface area contributed by atoms with Crippen LogP contribution in [-0.4, -0.2) is 83.0 Å². The fourth-order valence-electron chi connectivity index (χ4n) is 4.41. The van der Waals surface area contributed by atoms with Crippen LogP contribution in [0.2, 0.25) is 5.02 Å². The van der Waals surface area contributed by atoms with Gasteiger partial charge in [-0.15, -0.1) is 0 Å². The number of aromatic amines is 1. The lowest BCUT2D eigenvalue weighted by atomic mass is 10.1. The number of hydrogen-bond donors (Lipinski definition) is 2. The zero-order valence-electron chi connectivity index (χ0n) is 20.2. The van der Waals surface area contributed by atoms with Gasteiger partial charge in [-0.05, 0) is 37.6 Å². The van der Waals surface area contributed by atoms with E-state index in [9.17, 15) is 4.79 Å². The van der Waals surface area contributed by atoms with Crippen molar-refractivity contribution in [3.05, 3.63) is 35.4 Å². The van der Waals surface area contributed by atoms with Crippen LogP contribution in [0.15, 0.2) is 30.3 Å². The van der Waals surface area contributed by atoms with Crippen LogP contribution in [0.4, 0.5) is 5.69 Å². The van der Waals surface area contributed by atoms with E-state index in [0.717, 1.165) is 56.9 Å². The summed E-state index contributed by atoms with van der Waals surface area (Å²) in [7, 11) is 0. The molecule has 35 heavy (non-hydrogen) atoms. The van der Waals surface area contributed by atoms with E-state index in [1.807, 2.05) is 36.9 Å². The number of imidazole rings is 1. The molecule has 0 amide bonds. The zero-order valence-corrected chi connectivity index (χ0v) is 20.9. The van der Waals surface area contributed by atoms with Gasteiger partial charge >= 0.3 is 5.97 Å². The quantitative estimate of drug-likeness (QED) is 0.521. The fourth-order valence-corrected chi connectivity index (χ4v) is 4.67. The van der Waals surface area contributed by atoms with E-state index in [1.165, 1.54) is 0 Å². The SMILES string of the molecule is CC.O=C(O)CN1CCCC(Oc2nc3nc(-c4ccc(N5CCOCC5)cc4)c(Cl)cc3[nH]2)C1. The third kappa shape index (κ3) is 6.22. The number of carboxylic acid groups (broad SMARTS) is 1. The Bertz CT molecular complexity index is 1130. The van der Waals surface area contributed by atoms with Gasteiger partial charge in [0.15, 0.2) is 5.65 Å². The van der Waals surface area contributed by atoms with Crippen LogP contribution >= 0.6 is 11.6 Å². The number of pyridine rings is 1. The highest BCUT2D eigenvalue weighted by Gasteiger charge is 2.24. The Hall–Kier alpha value is -2.88. The molecule has 10 heteroatoms. The molecular weight excluding hydrogens is 470 g/mol. The van der Waals surface area contributed by atoms with E-state index >= 15 is 0 Å². The average molecular weight is 502 g/mol. The molecule has 2 aliphatic rings. The highest BCUT2D eigenvalue weighted by molar-refractivity contribution is 6.33. The maximum atomic E-state index is 11.0. The maximum absolute atomic E-state index is 11.0. The third-order valence-corrected chi connectivity index (χ3v) is 6.31. The maximum Gasteiger partial charge on any atom is 0.317 e. The van der Waals surface area contributed by atoms with Crippen molar-refractivity contribution in [2.45, 2.75) is 32.8 Å². The number of benzene rings is 1. The van der Waals surface area contributed by atoms with Crippen molar-refractivity contribution in [2.24, 2.45) is 0 Å². The van der Waals surface area contributed by atoms with Gasteiger partial charge < -0.3 is 24.5 Å². The van der Waals surface area contributed by atoms with Crippen molar-refractivity contribution in [3.8, 4) is 17.3 Å². The summed E-state index contributed by atoms with van der Waals surface area (Å²) in [6.45, 7) is 8.59. The number of morpholine rings is 1.